The van der Waals surface area contributed by atoms with E-state index in [1.54, 1.807) is 13.2 Å². The fourth-order valence-electron chi connectivity index (χ4n) is 1.36. The van der Waals surface area contributed by atoms with Crippen LogP contribution < -0.4 is 4.90 Å². The predicted molar refractivity (Wildman–Crippen MR) is 64.9 cm³/mol. The number of hydrogen-bond acceptors (Lipinski definition) is 4. The molecule has 1 atom stereocenters. The van der Waals surface area contributed by atoms with Gasteiger partial charge in [-0.05, 0) is 19.1 Å². The first-order valence-corrected chi connectivity index (χ1v) is 5.46. The van der Waals surface area contributed by atoms with Gasteiger partial charge in [-0.2, -0.15) is 0 Å². The van der Waals surface area contributed by atoms with Gasteiger partial charge in [0.1, 0.15) is 5.82 Å². The number of pyridine rings is 1. The van der Waals surface area contributed by atoms with Crippen molar-refractivity contribution in [1.29, 1.82) is 0 Å². The van der Waals surface area contributed by atoms with Crippen molar-refractivity contribution in [3.63, 3.8) is 0 Å². The molecule has 1 unspecified atom stereocenters. The first-order valence-electron chi connectivity index (χ1n) is 5.08. The number of aliphatic hydroxyl groups excluding tert-OH is 1. The lowest BCUT2D eigenvalue weighted by Crippen LogP contribution is -2.33. The van der Waals surface area contributed by atoms with Crippen LogP contribution in [0, 0.1) is 0 Å². The van der Waals surface area contributed by atoms with Gasteiger partial charge < -0.3 is 14.7 Å². The quantitative estimate of drug-likeness (QED) is 0.857. The third-order valence-corrected chi connectivity index (χ3v) is 2.83. The Morgan fingerprint density at radius 1 is 1.56 bits per heavy atom. The van der Waals surface area contributed by atoms with Crippen LogP contribution in [0.2, 0.25) is 5.02 Å². The summed E-state index contributed by atoms with van der Waals surface area (Å²) in [6, 6.07) is 3.78. The average Bonchev–Trinajstić information content (AvgIpc) is 2.29. The van der Waals surface area contributed by atoms with E-state index in [0.29, 0.717) is 17.3 Å². The van der Waals surface area contributed by atoms with Crippen LogP contribution in [0.25, 0.3) is 0 Å². The summed E-state index contributed by atoms with van der Waals surface area (Å²) in [6.07, 6.45) is 0. The van der Waals surface area contributed by atoms with E-state index in [9.17, 15) is 0 Å². The smallest absolute Gasteiger partial charge is 0.129 e. The minimum absolute atomic E-state index is 0.154. The third-order valence-electron chi connectivity index (χ3n) is 2.48. The lowest BCUT2D eigenvalue weighted by atomic mass is 10.3. The molecule has 0 bridgehead atoms. The summed E-state index contributed by atoms with van der Waals surface area (Å²) in [4.78, 5) is 6.27. The largest absolute Gasteiger partial charge is 0.390 e. The van der Waals surface area contributed by atoms with Crippen molar-refractivity contribution in [2.45, 2.75) is 19.6 Å². The van der Waals surface area contributed by atoms with Gasteiger partial charge in [-0.15, -0.1) is 0 Å². The van der Waals surface area contributed by atoms with Crippen molar-refractivity contribution in [1.82, 2.24) is 4.98 Å². The monoisotopic (exact) mass is 244 g/mol. The summed E-state index contributed by atoms with van der Waals surface area (Å²) >= 11 is 5.88. The van der Waals surface area contributed by atoms with Gasteiger partial charge in [-0.25, -0.2) is 4.98 Å². The molecule has 90 valence electrons. The molecular weight excluding hydrogens is 228 g/mol. The van der Waals surface area contributed by atoms with Crippen molar-refractivity contribution in [2.24, 2.45) is 0 Å². The van der Waals surface area contributed by atoms with Crippen molar-refractivity contribution < 1.29 is 9.84 Å². The molecule has 0 aliphatic heterocycles. The molecule has 1 aromatic heterocycles. The zero-order chi connectivity index (χ0) is 12.1. The molecule has 0 fully saturated rings. The number of rotatable bonds is 5. The molecule has 0 amide bonds. The molecule has 16 heavy (non-hydrogen) atoms. The Hall–Kier alpha value is -0.840. The number of anilines is 1. The number of hydrogen-bond donors (Lipinski definition) is 1. The van der Waals surface area contributed by atoms with Gasteiger partial charge in [0.25, 0.3) is 0 Å². The van der Waals surface area contributed by atoms with Crippen LogP contribution in [0.15, 0.2) is 12.1 Å². The fourth-order valence-corrected chi connectivity index (χ4v) is 1.52. The summed E-state index contributed by atoms with van der Waals surface area (Å²) in [5.74, 6) is 0.776. The van der Waals surface area contributed by atoms with Crippen LogP contribution in [0.1, 0.15) is 12.6 Å². The average molecular weight is 245 g/mol. The van der Waals surface area contributed by atoms with Gasteiger partial charge in [-0.3, -0.25) is 0 Å². The SMILES string of the molecule is COCC(C)N(C)c1ccc(Cl)c(CO)n1. The molecule has 0 saturated heterocycles. The Kier molecular flexibility index (Phi) is 4.99. The van der Waals surface area contributed by atoms with E-state index in [-0.39, 0.29) is 12.6 Å². The molecule has 1 heterocycles. The predicted octanol–water partition coefficient (Wildman–Crippen LogP) is 1.70. The highest BCUT2D eigenvalue weighted by Crippen LogP contribution is 2.19. The highest BCUT2D eigenvalue weighted by atomic mass is 35.5. The van der Waals surface area contributed by atoms with E-state index in [4.69, 9.17) is 21.4 Å². The Labute approximate surface area is 101 Å². The number of ether oxygens (including phenoxy) is 1. The molecule has 0 radical (unpaired) electrons. The number of likely N-dealkylation sites (N-methyl/N-ethyl adjacent to an activating group) is 1. The van der Waals surface area contributed by atoms with Crippen LogP contribution >= 0.6 is 11.6 Å². The molecule has 0 aliphatic rings. The molecule has 0 aliphatic carbocycles. The Morgan fingerprint density at radius 3 is 2.81 bits per heavy atom. The summed E-state index contributed by atoms with van der Waals surface area (Å²) in [5.41, 5.74) is 0.496. The van der Waals surface area contributed by atoms with Crippen LogP contribution in [-0.4, -0.2) is 36.9 Å². The van der Waals surface area contributed by atoms with Gasteiger partial charge in [0.05, 0.1) is 30.0 Å². The zero-order valence-corrected chi connectivity index (χ0v) is 10.5. The molecule has 4 nitrogen and oxygen atoms in total. The maximum atomic E-state index is 9.08. The second-order valence-corrected chi connectivity index (χ2v) is 4.08. The minimum Gasteiger partial charge on any atom is -0.390 e. The summed E-state index contributed by atoms with van der Waals surface area (Å²) in [6.45, 7) is 2.51. The Bertz CT molecular complexity index is 347. The van der Waals surface area contributed by atoms with Crippen LogP contribution in [0.4, 0.5) is 5.82 Å². The number of methoxy groups -OCH3 is 1. The summed E-state index contributed by atoms with van der Waals surface area (Å²) in [5, 5.41) is 9.56. The van der Waals surface area contributed by atoms with Crippen molar-refractivity contribution in [2.75, 3.05) is 25.7 Å². The van der Waals surface area contributed by atoms with E-state index in [2.05, 4.69) is 4.98 Å². The van der Waals surface area contributed by atoms with E-state index < -0.39 is 0 Å². The maximum absolute atomic E-state index is 9.08. The number of aliphatic hydroxyl groups is 1. The van der Waals surface area contributed by atoms with E-state index in [1.165, 1.54) is 0 Å². The van der Waals surface area contributed by atoms with Gasteiger partial charge in [0.15, 0.2) is 0 Å². The topological polar surface area (TPSA) is 45.6 Å². The molecule has 0 spiro atoms. The van der Waals surface area contributed by atoms with E-state index in [0.717, 1.165) is 5.82 Å². The van der Waals surface area contributed by atoms with Crippen LogP contribution in [0.5, 0.6) is 0 Å². The van der Waals surface area contributed by atoms with Gasteiger partial charge in [0, 0.05) is 14.2 Å². The molecular formula is C11H17ClN2O2. The highest BCUT2D eigenvalue weighted by molar-refractivity contribution is 6.31. The van der Waals surface area contributed by atoms with Gasteiger partial charge in [0.2, 0.25) is 0 Å². The van der Waals surface area contributed by atoms with Gasteiger partial charge in [-0.1, -0.05) is 11.6 Å². The summed E-state index contributed by atoms with van der Waals surface area (Å²) in [7, 11) is 3.60. The van der Waals surface area contributed by atoms with Crippen LogP contribution in [0.3, 0.4) is 0 Å². The number of halogens is 1. The van der Waals surface area contributed by atoms with Crippen molar-refractivity contribution in [3.05, 3.63) is 22.8 Å². The molecule has 1 rings (SSSR count). The van der Waals surface area contributed by atoms with Crippen molar-refractivity contribution >= 4 is 17.4 Å². The number of aromatic nitrogens is 1. The lowest BCUT2D eigenvalue weighted by Gasteiger charge is -2.25. The number of nitrogens with zero attached hydrogens (tertiary/aromatic N) is 2. The van der Waals surface area contributed by atoms with E-state index >= 15 is 0 Å². The molecule has 0 aromatic carbocycles. The standard InChI is InChI=1S/C11H17ClN2O2/c1-8(7-16-3)14(2)11-5-4-9(12)10(6-15)13-11/h4-5,8,15H,6-7H2,1-3H3. The fraction of sp³-hybridized carbons (Fsp3) is 0.545. The van der Waals surface area contributed by atoms with Gasteiger partial charge >= 0.3 is 0 Å². The Morgan fingerprint density at radius 2 is 2.25 bits per heavy atom. The Balaban J connectivity index is 2.87. The lowest BCUT2D eigenvalue weighted by molar-refractivity contribution is 0.183. The minimum atomic E-state index is -0.154. The zero-order valence-electron chi connectivity index (χ0n) is 9.77. The molecule has 1 N–H and O–H groups in total. The highest BCUT2D eigenvalue weighted by Gasteiger charge is 2.12. The third kappa shape index (κ3) is 3.07. The van der Waals surface area contributed by atoms with Crippen LogP contribution in [-0.2, 0) is 11.3 Å². The maximum Gasteiger partial charge on any atom is 0.129 e. The molecule has 5 heteroatoms. The first-order chi connectivity index (χ1) is 7.60. The van der Waals surface area contributed by atoms with Crippen molar-refractivity contribution in [3.8, 4) is 0 Å². The molecule has 0 saturated carbocycles. The van der Waals surface area contributed by atoms with E-state index in [1.807, 2.05) is 24.9 Å². The second-order valence-electron chi connectivity index (χ2n) is 3.67. The second kappa shape index (κ2) is 6.03. The normalized spacial score (nSPS) is 12.6. The first kappa shape index (κ1) is 13.2. The summed E-state index contributed by atoms with van der Waals surface area (Å²) < 4.78 is 5.08. The molecule has 1 aromatic rings.